The number of aromatic nitrogens is 1. The number of pyridine rings is 1. The first-order chi connectivity index (χ1) is 14.4. The fourth-order valence-electron chi connectivity index (χ4n) is 3.08. The van der Waals surface area contributed by atoms with Crippen LogP contribution in [0.4, 0.5) is 0 Å². The molecule has 0 aliphatic heterocycles. The predicted molar refractivity (Wildman–Crippen MR) is 122 cm³/mol. The Morgan fingerprint density at radius 1 is 1.03 bits per heavy atom. The molecule has 6 nitrogen and oxygen atoms in total. The van der Waals surface area contributed by atoms with Crippen LogP contribution in [0.1, 0.15) is 36.2 Å². The molecule has 3 rings (SSSR count). The minimum atomic E-state index is -3.32. The molecular weight excluding hydrogens is 413 g/mol. The fraction of sp³-hybridized carbons (Fsp3) is 0.174. The Kier molecular flexibility index (Phi) is 6.47. The van der Waals surface area contributed by atoms with Gasteiger partial charge >= 0.3 is 7.12 Å². The molecule has 0 amide bonds. The highest BCUT2D eigenvalue weighted by Crippen LogP contribution is 2.27. The molecule has 31 heavy (non-hydrogen) atoms. The van der Waals surface area contributed by atoms with Crippen molar-refractivity contribution in [1.29, 1.82) is 0 Å². The number of rotatable bonds is 6. The van der Waals surface area contributed by atoms with Crippen molar-refractivity contribution in [1.82, 2.24) is 4.98 Å². The maximum Gasteiger partial charge on any atom is 0.488 e. The first-order valence-corrected chi connectivity index (χ1v) is 11.5. The molecule has 0 saturated heterocycles. The number of hydrogen-bond acceptors (Lipinski definition) is 6. The van der Waals surface area contributed by atoms with Crippen molar-refractivity contribution in [3.05, 3.63) is 89.2 Å². The summed E-state index contributed by atoms with van der Waals surface area (Å²) < 4.78 is 23.6. The van der Waals surface area contributed by atoms with Crippen LogP contribution in [-0.2, 0) is 15.4 Å². The van der Waals surface area contributed by atoms with Crippen molar-refractivity contribution in [2.45, 2.75) is 24.3 Å². The van der Waals surface area contributed by atoms with E-state index in [1.165, 1.54) is 12.1 Å². The number of sulfone groups is 1. The number of benzene rings is 2. The maximum atomic E-state index is 11.8. The van der Waals surface area contributed by atoms with Gasteiger partial charge in [0.15, 0.2) is 9.84 Å². The zero-order valence-electron chi connectivity index (χ0n) is 17.5. The topological polar surface area (TPSA) is 108 Å². The van der Waals surface area contributed by atoms with Gasteiger partial charge in [0.25, 0.3) is 0 Å². The van der Waals surface area contributed by atoms with Gasteiger partial charge in [-0.3, -0.25) is 4.98 Å². The van der Waals surface area contributed by atoms with Crippen molar-refractivity contribution in [2.24, 2.45) is 0 Å². The van der Waals surface area contributed by atoms with Crippen molar-refractivity contribution >= 4 is 34.1 Å². The summed E-state index contributed by atoms with van der Waals surface area (Å²) in [5, 5.41) is 29.1. The molecule has 160 valence electrons. The van der Waals surface area contributed by atoms with Crippen LogP contribution in [0.3, 0.4) is 0 Å². The second-order valence-electron chi connectivity index (χ2n) is 7.89. The average molecular weight is 437 g/mol. The third-order valence-electron chi connectivity index (χ3n) is 4.86. The molecule has 0 atom stereocenters. The van der Waals surface area contributed by atoms with Gasteiger partial charge in [0, 0.05) is 23.6 Å². The van der Waals surface area contributed by atoms with E-state index in [4.69, 9.17) is 0 Å². The van der Waals surface area contributed by atoms with Gasteiger partial charge in [-0.15, -0.1) is 0 Å². The zero-order valence-corrected chi connectivity index (χ0v) is 18.3. The fourth-order valence-corrected chi connectivity index (χ4v) is 3.71. The van der Waals surface area contributed by atoms with E-state index in [9.17, 15) is 23.6 Å². The van der Waals surface area contributed by atoms with E-state index in [-0.39, 0.29) is 4.90 Å². The summed E-state index contributed by atoms with van der Waals surface area (Å²) >= 11 is 0. The van der Waals surface area contributed by atoms with Gasteiger partial charge in [0.2, 0.25) is 0 Å². The second-order valence-corrected chi connectivity index (χ2v) is 9.91. The molecule has 0 aliphatic carbocycles. The van der Waals surface area contributed by atoms with E-state index in [1.807, 2.05) is 12.1 Å². The second kappa shape index (κ2) is 8.76. The van der Waals surface area contributed by atoms with Gasteiger partial charge in [0.05, 0.1) is 16.2 Å². The first-order valence-electron chi connectivity index (χ1n) is 9.63. The van der Waals surface area contributed by atoms with E-state index in [0.29, 0.717) is 22.3 Å². The first kappa shape index (κ1) is 22.9. The molecule has 0 bridgehead atoms. The highest BCUT2D eigenvalue weighted by molar-refractivity contribution is 7.90. The van der Waals surface area contributed by atoms with Gasteiger partial charge in [0.1, 0.15) is 0 Å². The lowest BCUT2D eigenvalue weighted by Crippen LogP contribution is -2.29. The normalized spacial score (nSPS) is 12.6. The molecule has 0 spiro atoms. The Hall–Kier alpha value is -2.78. The Bertz CT molecular complexity index is 1200. The molecule has 0 radical (unpaired) electrons. The van der Waals surface area contributed by atoms with Crippen LogP contribution in [0.25, 0.3) is 11.6 Å². The minimum absolute atomic E-state index is 0.214. The van der Waals surface area contributed by atoms with Gasteiger partial charge < -0.3 is 15.2 Å². The Morgan fingerprint density at radius 2 is 1.71 bits per heavy atom. The van der Waals surface area contributed by atoms with Crippen molar-refractivity contribution in [3.8, 4) is 0 Å². The quantitative estimate of drug-likeness (QED) is 0.402. The van der Waals surface area contributed by atoms with Gasteiger partial charge in [-0.2, -0.15) is 0 Å². The summed E-state index contributed by atoms with van der Waals surface area (Å²) in [5.74, 6) is 0. The molecule has 1 aromatic heterocycles. The van der Waals surface area contributed by atoms with Crippen LogP contribution < -0.4 is 5.46 Å². The Labute approximate surface area is 182 Å². The van der Waals surface area contributed by atoms with E-state index >= 15 is 0 Å². The maximum absolute atomic E-state index is 11.8. The van der Waals surface area contributed by atoms with Crippen molar-refractivity contribution in [2.75, 3.05) is 6.26 Å². The smallest absolute Gasteiger partial charge is 0.423 e. The lowest BCUT2D eigenvalue weighted by molar-refractivity contribution is 0.0782. The summed E-state index contributed by atoms with van der Waals surface area (Å²) in [5.41, 5.74) is 2.78. The molecule has 0 fully saturated rings. The number of aliphatic hydroxyl groups is 1. The van der Waals surface area contributed by atoms with E-state index in [0.717, 1.165) is 17.4 Å². The van der Waals surface area contributed by atoms with Gasteiger partial charge in [-0.05, 0) is 54.7 Å². The van der Waals surface area contributed by atoms with E-state index in [1.54, 1.807) is 62.5 Å². The zero-order chi connectivity index (χ0) is 22.8. The lowest BCUT2D eigenvalue weighted by atomic mass is 9.79. The van der Waals surface area contributed by atoms with Gasteiger partial charge in [-0.1, -0.05) is 42.5 Å². The van der Waals surface area contributed by atoms with Crippen molar-refractivity contribution < 1.29 is 23.6 Å². The predicted octanol–water partition coefficient (Wildman–Crippen LogP) is 1.98. The van der Waals surface area contributed by atoms with Crippen LogP contribution in [-0.4, -0.2) is 41.9 Å². The van der Waals surface area contributed by atoms with Crippen molar-refractivity contribution in [3.63, 3.8) is 0 Å². The largest absolute Gasteiger partial charge is 0.488 e. The molecule has 2 aromatic carbocycles. The van der Waals surface area contributed by atoms with Crippen LogP contribution in [0.15, 0.2) is 71.8 Å². The molecule has 0 saturated carbocycles. The Morgan fingerprint density at radius 3 is 2.23 bits per heavy atom. The van der Waals surface area contributed by atoms with Crippen LogP contribution in [0.5, 0.6) is 0 Å². The summed E-state index contributed by atoms with van der Waals surface area (Å²) in [6.45, 7) is 3.35. The molecule has 0 aliphatic rings. The minimum Gasteiger partial charge on any atom is -0.423 e. The van der Waals surface area contributed by atoms with Crippen LogP contribution in [0, 0.1) is 0 Å². The van der Waals surface area contributed by atoms with Crippen LogP contribution in [0.2, 0.25) is 0 Å². The lowest BCUT2D eigenvalue weighted by Gasteiger charge is -2.18. The third kappa shape index (κ3) is 5.68. The van der Waals surface area contributed by atoms with Crippen LogP contribution >= 0.6 is 0 Å². The summed E-state index contributed by atoms with van der Waals surface area (Å²) in [7, 11) is -4.91. The molecule has 0 unspecified atom stereocenters. The summed E-state index contributed by atoms with van der Waals surface area (Å²) in [6.07, 6.45) is 4.59. The molecule has 1 heterocycles. The number of nitrogens with zero attached hydrogens (tertiary/aromatic N) is 1. The van der Waals surface area contributed by atoms with E-state index in [2.05, 4.69) is 4.98 Å². The summed E-state index contributed by atoms with van der Waals surface area (Å²) in [6, 6.07) is 16.9. The SMILES string of the molecule is CC(C)(O)c1ccc(C(=Cc2cccc(B(O)O)c2)c2ccc(S(C)(=O)=O)cc2)nc1. The highest BCUT2D eigenvalue weighted by atomic mass is 32.2. The van der Waals surface area contributed by atoms with Gasteiger partial charge in [-0.25, -0.2) is 8.42 Å². The Balaban J connectivity index is 2.13. The molecule has 8 heteroatoms. The standard InChI is InChI=1S/C23H24BNO5S/c1-23(2,26)18-9-12-22(25-15-18)21(14-16-5-4-6-19(13-16)24(27)28)17-7-10-20(11-8-17)31(3,29)30/h4-15,26-28H,1-3H3. The molecular formula is C23H24BNO5S. The molecule has 3 N–H and O–H groups in total. The summed E-state index contributed by atoms with van der Waals surface area (Å²) in [4.78, 5) is 4.72. The molecule has 3 aromatic rings. The highest BCUT2D eigenvalue weighted by Gasteiger charge is 2.17. The average Bonchev–Trinajstić information content (AvgIpc) is 2.71. The monoisotopic (exact) mass is 437 g/mol. The van der Waals surface area contributed by atoms with E-state index < -0.39 is 22.6 Å². The third-order valence-corrected chi connectivity index (χ3v) is 5.99. The number of hydrogen-bond donors (Lipinski definition) is 3.